The van der Waals surface area contributed by atoms with Gasteiger partial charge in [-0.3, -0.25) is 4.79 Å². The first-order valence-corrected chi connectivity index (χ1v) is 8.06. The minimum Gasteiger partial charge on any atom is -0.450 e. The van der Waals surface area contributed by atoms with Crippen LogP contribution in [0.1, 0.15) is 30.8 Å². The van der Waals surface area contributed by atoms with Gasteiger partial charge in [0.15, 0.2) is 0 Å². The number of amides is 2. The zero-order valence-corrected chi connectivity index (χ0v) is 13.7. The quantitative estimate of drug-likeness (QED) is 0.890. The smallest absolute Gasteiger partial charge is 0.409 e. The molecular formula is C16H24N4O3. The fourth-order valence-electron chi connectivity index (χ4n) is 2.40. The lowest BCUT2D eigenvalue weighted by Crippen LogP contribution is -2.49. The SMILES string of the molecule is CCCNC(=O)c1ccc(N2CCN(C(=O)OCC)CC2)cn1. The molecule has 1 aromatic rings. The van der Waals surface area contributed by atoms with Gasteiger partial charge in [-0.1, -0.05) is 6.92 Å². The minimum atomic E-state index is -0.256. The average Bonchev–Trinajstić information content (AvgIpc) is 2.60. The van der Waals surface area contributed by atoms with Crippen LogP contribution < -0.4 is 10.2 Å². The molecule has 1 fully saturated rings. The molecule has 0 spiro atoms. The van der Waals surface area contributed by atoms with Crippen LogP contribution in [0.5, 0.6) is 0 Å². The highest BCUT2D eigenvalue weighted by Gasteiger charge is 2.22. The first-order chi connectivity index (χ1) is 11.2. The number of carbonyl (C=O) groups is 2. The molecule has 1 aromatic heterocycles. The summed E-state index contributed by atoms with van der Waals surface area (Å²) in [6.45, 7) is 7.55. The summed E-state index contributed by atoms with van der Waals surface area (Å²) in [7, 11) is 0. The Morgan fingerprint density at radius 3 is 2.52 bits per heavy atom. The Morgan fingerprint density at radius 1 is 1.22 bits per heavy atom. The third-order valence-electron chi connectivity index (χ3n) is 3.69. The number of pyridine rings is 1. The minimum absolute atomic E-state index is 0.148. The Hall–Kier alpha value is -2.31. The summed E-state index contributed by atoms with van der Waals surface area (Å²) < 4.78 is 5.01. The maximum atomic E-state index is 11.8. The second kappa shape index (κ2) is 8.36. The maximum Gasteiger partial charge on any atom is 0.409 e. The van der Waals surface area contributed by atoms with Crippen molar-refractivity contribution in [2.45, 2.75) is 20.3 Å². The molecule has 0 aromatic carbocycles. The summed E-state index contributed by atoms with van der Waals surface area (Å²) in [6, 6.07) is 3.63. The Labute approximate surface area is 136 Å². The molecule has 1 N–H and O–H groups in total. The van der Waals surface area contributed by atoms with Gasteiger partial charge in [0.05, 0.1) is 18.5 Å². The Bertz CT molecular complexity index is 525. The first-order valence-electron chi connectivity index (χ1n) is 8.06. The molecule has 7 nitrogen and oxygen atoms in total. The van der Waals surface area contributed by atoms with Crippen molar-refractivity contribution in [2.75, 3.05) is 44.2 Å². The molecule has 0 radical (unpaired) electrons. The molecule has 1 aliphatic heterocycles. The first kappa shape index (κ1) is 17.1. The second-order valence-corrected chi connectivity index (χ2v) is 5.33. The normalized spacial score (nSPS) is 14.5. The van der Waals surface area contributed by atoms with E-state index >= 15 is 0 Å². The highest BCUT2D eigenvalue weighted by atomic mass is 16.6. The second-order valence-electron chi connectivity index (χ2n) is 5.33. The van der Waals surface area contributed by atoms with Crippen molar-refractivity contribution in [3.05, 3.63) is 24.0 Å². The Kier molecular flexibility index (Phi) is 6.19. The van der Waals surface area contributed by atoms with Crippen LogP contribution in [0.2, 0.25) is 0 Å². The molecule has 2 heterocycles. The lowest BCUT2D eigenvalue weighted by Gasteiger charge is -2.35. The molecule has 126 valence electrons. The molecule has 7 heteroatoms. The van der Waals surface area contributed by atoms with E-state index in [1.54, 1.807) is 24.1 Å². The van der Waals surface area contributed by atoms with Gasteiger partial charge in [0, 0.05) is 32.7 Å². The number of piperazine rings is 1. The molecule has 0 atom stereocenters. The van der Waals surface area contributed by atoms with E-state index in [1.165, 1.54) is 0 Å². The number of anilines is 1. The molecule has 0 saturated carbocycles. The third kappa shape index (κ3) is 4.58. The number of rotatable bonds is 5. The van der Waals surface area contributed by atoms with Gasteiger partial charge in [-0.15, -0.1) is 0 Å². The summed E-state index contributed by atoms with van der Waals surface area (Å²) in [5.74, 6) is -0.148. The summed E-state index contributed by atoms with van der Waals surface area (Å²) >= 11 is 0. The van der Waals surface area contributed by atoms with E-state index in [-0.39, 0.29) is 12.0 Å². The zero-order valence-electron chi connectivity index (χ0n) is 13.7. The molecule has 0 bridgehead atoms. The lowest BCUT2D eigenvalue weighted by molar-refractivity contribution is 0.0948. The highest BCUT2D eigenvalue weighted by Crippen LogP contribution is 2.16. The number of nitrogens with zero attached hydrogens (tertiary/aromatic N) is 3. The molecular weight excluding hydrogens is 296 g/mol. The van der Waals surface area contributed by atoms with E-state index in [2.05, 4.69) is 15.2 Å². The Balaban J connectivity index is 1.89. The van der Waals surface area contributed by atoms with Gasteiger partial charge in [0.1, 0.15) is 5.69 Å². The molecule has 1 aliphatic rings. The molecule has 1 saturated heterocycles. The van der Waals surface area contributed by atoms with Crippen molar-refractivity contribution in [3.8, 4) is 0 Å². The molecule has 23 heavy (non-hydrogen) atoms. The summed E-state index contributed by atoms with van der Waals surface area (Å²) in [5.41, 5.74) is 1.38. The van der Waals surface area contributed by atoms with Crippen molar-refractivity contribution in [2.24, 2.45) is 0 Å². The fourth-order valence-corrected chi connectivity index (χ4v) is 2.40. The van der Waals surface area contributed by atoms with E-state index < -0.39 is 0 Å². The number of nitrogens with one attached hydrogen (secondary N) is 1. The average molecular weight is 320 g/mol. The molecule has 0 aliphatic carbocycles. The summed E-state index contributed by atoms with van der Waals surface area (Å²) in [6.07, 6.45) is 2.35. The molecule has 2 rings (SSSR count). The van der Waals surface area contributed by atoms with Gasteiger partial charge in [-0.05, 0) is 25.5 Å². The molecule has 0 unspecified atom stereocenters. The highest BCUT2D eigenvalue weighted by molar-refractivity contribution is 5.92. The third-order valence-corrected chi connectivity index (χ3v) is 3.69. The summed E-state index contributed by atoms with van der Waals surface area (Å²) in [4.78, 5) is 31.6. The number of aromatic nitrogens is 1. The van der Waals surface area contributed by atoms with Crippen LogP contribution in [0.3, 0.4) is 0 Å². The number of hydrogen-bond acceptors (Lipinski definition) is 5. The van der Waals surface area contributed by atoms with Crippen molar-refractivity contribution in [1.29, 1.82) is 0 Å². The predicted octanol–water partition coefficient (Wildman–Crippen LogP) is 1.50. The monoisotopic (exact) mass is 320 g/mol. The van der Waals surface area contributed by atoms with Crippen LogP contribution in [0, 0.1) is 0 Å². The van der Waals surface area contributed by atoms with Crippen LogP contribution in [0.4, 0.5) is 10.5 Å². The van der Waals surface area contributed by atoms with Crippen LogP contribution in [0.15, 0.2) is 18.3 Å². The predicted molar refractivity (Wildman–Crippen MR) is 87.7 cm³/mol. The van der Waals surface area contributed by atoms with E-state index in [0.29, 0.717) is 31.9 Å². The number of ether oxygens (including phenoxy) is 1. The number of carbonyl (C=O) groups excluding carboxylic acids is 2. The zero-order chi connectivity index (χ0) is 16.7. The van der Waals surface area contributed by atoms with Crippen molar-refractivity contribution in [3.63, 3.8) is 0 Å². The van der Waals surface area contributed by atoms with Crippen LogP contribution >= 0.6 is 0 Å². The summed E-state index contributed by atoms with van der Waals surface area (Å²) in [5, 5.41) is 2.80. The fraction of sp³-hybridized carbons (Fsp3) is 0.562. The van der Waals surface area contributed by atoms with E-state index in [1.807, 2.05) is 13.0 Å². The Morgan fingerprint density at radius 2 is 1.96 bits per heavy atom. The topological polar surface area (TPSA) is 74.8 Å². The van der Waals surface area contributed by atoms with Gasteiger partial charge in [0.2, 0.25) is 0 Å². The largest absolute Gasteiger partial charge is 0.450 e. The maximum absolute atomic E-state index is 11.8. The van der Waals surface area contributed by atoms with Crippen molar-refractivity contribution < 1.29 is 14.3 Å². The lowest BCUT2D eigenvalue weighted by atomic mass is 10.2. The van der Waals surface area contributed by atoms with Gasteiger partial charge in [0.25, 0.3) is 5.91 Å². The van der Waals surface area contributed by atoms with Crippen LogP contribution in [0.25, 0.3) is 0 Å². The van der Waals surface area contributed by atoms with E-state index in [9.17, 15) is 9.59 Å². The molecule has 2 amide bonds. The standard InChI is InChI=1S/C16H24N4O3/c1-3-7-17-15(21)14-6-5-13(12-18-14)19-8-10-20(11-9-19)16(22)23-4-2/h5-6,12H,3-4,7-11H2,1-2H3,(H,17,21). The van der Waals surface area contributed by atoms with Crippen molar-refractivity contribution in [1.82, 2.24) is 15.2 Å². The van der Waals surface area contributed by atoms with Gasteiger partial charge in [-0.25, -0.2) is 9.78 Å². The van der Waals surface area contributed by atoms with E-state index in [0.717, 1.165) is 25.2 Å². The number of hydrogen-bond donors (Lipinski definition) is 1. The van der Waals surface area contributed by atoms with Crippen molar-refractivity contribution >= 4 is 17.7 Å². The van der Waals surface area contributed by atoms with Gasteiger partial charge < -0.3 is 19.9 Å². The van der Waals surface area contributed by atoms with Gasteiger partial charge >= 0.3 is 6.09 Å². The van der Waals surface area contributed by atoms with E-state index in [4.69, 9.17) is 4.74 Å². The van der Waals surface area contributed by atoms with Gasteiger partial charge in [-0.2, -0.15) is 0 Å². The van der Waals surface area contributed by atoms with Crippen LogP contribution in [-0.4, -0.2) is 61.2 Å². The van der Waals surface area contributed by atoms with Crippen LogP contribution in [-0.2, 0) is 4.74 Å².